The molecule has 0 saturated carbocycles. The minimum absolute atomic E-state index is 0.136. The van der Waals surface area contributed by atoms with Gasteiger partial charge in [0.1, 0.15) is 0 Å². The highest BCUT2D eigenvalue weighted by atomic mass is 16.2. The van der Waals surface area contributed by atoms with Crippen molar-refractivity contribution in [1.82, 2.24) is 10.2 Å². The van der Waals surface area contributed by atoms with E-state index in [1.165, 1.54) is 6.07 Å². The standard InChI is InChI=1S/C30H31N5O4/c1-3-35(4-2)15-14-32-29(38)19-8-11-23(12-9-19)33-18-25-24-13-10-21(17-26(24)34-30(25)39)27(36)20-6-5-7-22(16-20)28(31)37/h5-13,16-18,33H,3-4,14-15H2,1-2H3,(H2,31,37)(H,32,38)(H,34,39)/b25-18-. The second-order valence-corrected chi connectivity index (χ2v) is 9.05. The van der Waals surface area contributed by atoms with E-state index in [1.807, 2.05) is 0 Å². The maximum atomic E-state index is 13.0. The molecule has 3 aromatic carbocycles. The summed E-state index contributed by atoms with van der Waals surface area (Å²) in [5.74, 6) is -1.34. The van der Waals surface area contributed by atoms with Crippen LogP contribution in [-0.2, 0) is 4.79 Å². The number of hydrogen-bond acceptors (Lipinski definition) is 6. The lowest BCUT2D eigenvalue weighted by Gasteiger charge is -2.17. The second-order valence-electron chi connectivity index (χ2n) is 9.05. The number of anilines is 2. The van der Waals surface area contributed by atoms with E-state index in [0.717, 1.165) is 19.6 Å². The van der Waals surface area contributed by atoms with E-state index < -0.39 is 5.91 Å². The molecule has 0 unspecified atom stereocenters. The van der Waals surface area contributed by atoms with Crippen LogP contribution in [0.3, 0.4) is 0 Å². The third kappa shape index (κ3) is 6.39. The third-order valence-electron chi connectivity index (χ3n) is 6.61. The number of nitrogens with zero attached hydrogens (tertiary/aromatic N) is 1. The predicted octanol–water partition coefficient (Wildman–Crippen LogP) is 3.49. The predicted molar refractivity (Wildman–Crippen MR) is 152 cm³/mol. The van der Waals surface area contributed by atoms with Crippen LogP contribution in [0.25, 0.3) is 5.57 Å². The van der Waals surface area contributed by atoms with Crippen molar-refractivity contribution in [2.45, 2.75) is 13.8 Å². The highest BCUT2D eigenvalue weighted by Gasteiger charge is 2.25. The molecule has 1 aliphatic heterocycles. The van der Waals surface area contributed by atoms with Gasteiger partial charge in [0.2, 0.25) is 5.91 Å². The van der Waals surface area contributed by atoms with Gasteiger partial charge in [-0.05, 0) is 55.6 Å². The molecular weight excluding hydrogens is 494 g/mol. The summed E-state index contributed by atoms with van der Waals surface area (Å²) in [6.45, 7) is 7.44. The Morgan fingerprint density at radius 3 is 2.26 bits per heavy atom. The molecule has 4 rings (SSSR count). The first kappa shape index (κ1) is 27.3. The van der Waals surface area contributed by atoms with Crippen LogP contribution in [0.15, 0.2) is 72.9 Å². The topological polar surface area (TPSA) is 134 Å². The fourth-order valence-corrected chi connectivity index (χ4v) is 4.30. The molecule has 3 aromatic rings. The monoisotopic (exact) mass is 525 g/mol. The quantitative estimate of drug-likeness (QED) is 0.224. The van der Waals surface area contributed by atoms with E-state index in [-0.39, 0.29) is 23.2 Å². The molecular formula is C30H31N5O4. The Kier molecular flexibility index (Phi) is 8.53. The largest absolute Gasteiger partial charge is 0.366 e. The summed E-state index contributed by atoms with van der Waals surface area (Å²) < 4.78 is 0. The van der Waals surface area contributed by atoms with Gasteiger partial charge in [0, 0.05) is 58.5 Å². The Morgan fingerprint density at radius 1 is 0.897 bits per heavy atom. The lowest BCUT2D eigenvalue weighted by Crippen LogP contribution is -2.34. The molecule has 9 nitrogen and oxygen atoms in total. The zero-order valence-electron chi connectivity index (χ0n) is 21.9. The van der Waals surface area contributed by atoms with E-state index in [2.05, 4.69) is 34.7 Å². The average molecular weight is 526 g/mol. The number of rotatable bonds is 11. The summed E-state index contributed by atoms with van der Waals surface area (Å²) in [7, 11) is 0. The maximum absolute atomic E-state index is 13.0. The first-order chi connectivity index (χ1) is 18.8. The number of nitrogens with one attached hydrogen (secondary N) is 3. The van der Waals surface area contributed by atoms with Crippen molar-refractivity contribution in [3.05, 3.63) is 101 Å². The van der Waals surface area contributed by atoms with Crippen molar-refractivity contribution in [3.8, 4) is 0 Å². The van der Waals surface area contributed by atoms with Gasteiger partial charge in [-0.25, -0.2) is 0 Å². The summed E-state index contributed by atoms with van der Waals surface area (Å²) in [4.78, 5) is 51.7. The van der Waals surface area contributed by atoms with Gasteiger partial charge in [0.05, 0.1) is 5.57 Å². The van der Waals surface area contributed by atoms with Gasteiger partial charge in [-0.2, -0.15) is 0 Å². The molecule has 3 amide bonds. The molecule has 0 aromatic heterocycles. The highest BCUT2D eigenvalue weighted by Crippen LogP contribution is 2.33. The highest BCUT2D eigenvalue weighted by molar-refractivity contribution is 6.32. The fourth-order valence-electron chi connectivity index (χ4n) is 4.30. The minimum atomic E-state index is -0.614. The normalized spacial score (nSPS) is 13.2. The number of carbonyl (C=O) groups excluding carboxylic acids is 4. The van der Waals surface area contributed by atoms with E-state index in [4.69, 9.17) is 5.73 Å². The molecule has 9 heteroatoms. The average Bonchev–Trinajstić information content (AvgIpc) is 3.27. The molecule has 0 aliphatic carbocycles. The Morgan fingerprint density at radius 2 is 1.56 bits per heavy atom. The number of hydrogen-bond donors (Lipinski definition) is 4. The fraction of sp³-hybridized carbons (Fsp3) is 0.200. The van der Waals surface area contributed by atoms with E-state index in [1.54, 1.807) is 66.9 Å². The van der Waals surface area contributed by atoms with Crippen LogP contribution in [0, 0.1) is 0 Å². The van der Waals surface area contributed by atoms with Crippen LogP contribution in [0.1, 0.15) is 56.0 Å². The van der Waals surface area contributed by atoms with Crippen LogP contribution >= 0.6 is 0 Å². The molecule has 200 valence electrons. The molecule has 39 heavy (non-hydrogen) atoms. The van der Waals surface area contributed by atoms with Gasteiger partial charge in [0.25, 0.3) is 11.8 Å². The molecule has 5 N–H and O–H groups in total. The van der Waals surface area contributed by atoms with Crippen LogP contribution in [0.5, 0.6) is 0 Å². The number of likely N-dealkylation sites (N-methyl/N-ethyl adjacent to an activating group) is 1. The molecule has 1 aliphatic rings. The van der Waals surface area contributed by atoms with Crippen LogP contribution in [-0.4, -0.2) is 54.6 Å². The zero-order chi connectivity index (χ0) is 27.9. The summed E-state index contributed by atoms with van der Waals surface area (Å²) >= 11 is 0. The molecule has 0 saturated heterocycles. The van der Waals surface area contributed by atoms with Crippen molar-refractivity contribution in [1.29, 1.82) is 0 Å². The second kappa shape index (κ2) is 12.2. The van der Waals surface area contributed by atoms with Gasteiger partial charge in [-0.1, -0.05) is 38.1 Å². The van der Waals surface area contributed by atoms with Crippen LogP contribution in [0.2, 0.25) is 0 Å². The Bertz CT molecular complexity index is 1440. The Balaban J connectivity index is 1.42. The lowest BCUT2D eigenvalue weighted by atomic mass is 9.98. The summed E-state index contributed by atoms with van der Waals surface area (Å²) in [6.07, 6.45) is 1.60. The molecule has 0 radical (unpaired) electrons. The first-order valence-corrected chi connectivity index (χ1v) is 12.8. The van der Waals surface area contributed by atoms with Crippen molar-refractivity contribution >= 4 is 40.5 Å². The Labute approximate surface area is 227 Å². The molecule has 0 atom stereocenters. The SMILES string of the molecule is CCN(CC)CCNC(=O)c1ccc(N/C=C2\C(=O)Nc3cc(C(=O)c4cccc(C(N)=O)c4)ccc32)cc1. The number of carbonyl (C=O) groups is 4. The van der Waals surface area contributed by atoms with Gasteiger partial charge in [0.15, 0.2) is 5.78 Å². The van der Waals surface area contributed by atoms with Crippen molar-refractivity contribution in [3.63, 3.8) is 0 Å². The van der Waals surface area contributed by atoms with E-state index >= 15 is 0 Å². The van der Waals surface area contributed by atoms with Gasteiger partial charge in [-0.15, -0.1) is 0 Å². The molecule has 1 heterocycles. The van der Waals surface area contributed by atoms with Crippen molar-refractivity contribution in [2.24, 2.45) is 5.73 Å². The van der Waals surface area contributed by atoms with E-state index in [0.29, 0.717) is 45.7 Å². The smallest absolute Gasteiger partial charge is 0.257 e. The van der Waals surface area contributed by atoms with Crippen molar-refractivity contribution < 1.29 is 19.2 Å². The maximum Gasteiger partial charge on any atom is 0.257 e. The number of nitrogens with two attached hydrogens (primary N) is 1. The van der Waals surface area contributed by atoms with Gasteiger partial charge >= 0.3 is 0 Å². The number of primary amides is 1. The van der Waals surface area contributed by atoms with E-state index in [9.17, 15) is 19.2 Å². The molecule has 0 bridgehead atoms. The van der Waals surface area contributed by atoms with Gasteiger partial charge in [-0.3, -0.25) is 19.2 Å². The minimum Gasteiger partial charge on any atom is -0.366 e. The van der Waals surface area contributed by atoms with Crippen LogP contribution in [0.4, 0.5) is 11.4 Å². The zero-order valence-corrected chi connectivity index (χ0v) is 21.9. The summed E-state index contributed by atoms with van der Waals surface area (Å²) in [5.41, 5.74) is 9.11. The molecule has 0 fully saturated rings. The van der Waals surface area contributed by atoms with Crippen molar-refractivity contribution in [2.75, 3.05) is 36.8 Å². The summed E-state index contributed by atoms with van der Waals surface area (Å²) in [5, 5.41) is 8.83. The number of ketones is 1. The first-order valence-electron chi connectivity index (χ1n) is 12.8. The van der Waals surface area contributed by atoms with Gasteiger partial charge < -0.3 is 26.6 Å². The number of fused-ring (bicyclic) bond motifs is 1. The third-order valence-corrected chi connectivity index (χ3v) is 6.61. The number of amides is 3. The Hall–Kier alpha value is -4.76. The summed E-state index contributed by atoms with van der Waals surface area (Å²) in [6, 6.07) is 18.1. The molecule has 0 spiro atoms. The lowest BCUT2D eigenvalue weighted by molar-refractivity contribution is -0.110. The number of benzene rings is 3. The van der Waals surface area contributed by atoms with Crippen LogP contribution < -0.4 is 21.7 Å².